The number of fused-ring (bicyclic) bond motifs is 1. The summed E-state index contributed by atoms with van der Waals surface area (Å²) in [6.45, 7) is 0.0762. The van der Waals surface area contributed by atoms with Crippen LogP contribution in [0, 0.1) is 0 Å². The van der Waals surface area contributed by atoms with Gasteiger partial charge in [-0.15, -0.1) is 0 Å². The second-order valence-corrected chi connectivity index (χ2v) is 14.5. The molecule has 11 heteroatoms. The van der Waals surface area contributed by atoms with E-state index in [4.69, 9.17) is 4.98 Å². The lowest BCUT2D eigenvalue weighted by molar-refractivity contribution is 0.0697. The average Bonchev–Trinajstić information content (AvgIpc) is 3.05. The molecule has 0 radical (unpaired) electrons. The summed E-state index contributed by atoms with van der Waals surface area (Å²) in [5.74, 6) is -1.57. The smallest absolute Gasteiger partial charge is 0.337 e. The summed E-state index contributed by atoms with van der Waals surface area (Å²) in [5.41, 5.74) is 3.35. The molecular formula is C35H35N3O6S2. The van der Waals surface area contributed by atoms with Crippen LogP contribution < -0.4 is 9.03 Å². The van der Waals surface area contributed by atoms with Crippen LogP contribution in [0.2, 0.25) is 0 Å². The van der Waals surface area contributed by atoms with E-state index in [0.717, 1.165) is 26.5 Å². The first-order chi connectivity index (χ1) is 22.1. The summed E-state index contributed by atoms with van der Waals surface area (Å²) >= 11 is 0. The molecule has 0 spiro atoms. The van der Waals surface area contributed by atoms with E-state index in [1.54, 1.807) is 36.4 Å². The maximum atomic E-state index is 13.9. The first-order valence-corrected chi connectivity index (χ1v) is 18.0. The van der Waals surface area contributed by atoms with Crippen molar-refractivity contribution in [3.8, 4) is 0 Å². The Balaban J connectivity index is 1.28. The molecule has 0 unspecified atom stereocenters. The molecule has 1 aromatic heterocycles. The standard InChI is InChI=1S/C35H35N3O6S2/c39-35(40)32-16-5-7-18-34(32)38(24-9-8-23-36-46(43,44)31-14-2-1-3-15-31)45(41,42)26-28-12-10-11-27(25-28)19-21-30-22-20-29-13-4-6-17-33(29)37-30/h1-7,10-18,20,22,25,36H,8-9,19,21,23-24,26H2,(H,39,40). The Morgan fingerprint density at radius 1 is 0.739 bits per heavy atom. The van der Waals surface area contributed by atoms with Gasteiger partial charge in [-0.25, -0.2) is 26.4 Å². The number of sulfonamides is 2. The summed E-state index contributed by atoms with van der Waals surface area (Å²) in [6, 6.07) is 33.3. The van der Waals surface area contributed by atoms with E-state index < -0.39 is 26.0 Å². The minimum absolute atomic E-state index is 0.0208. The largest absolute Gasteiger partial charge is 0.478 e. The highest BCUT2D eigenvalue weighted by Crippen LogP contribution is 2.26. The van der Waals surface area contributed by atoms with Crippen molar-refractivity contribution in [3.63, 3.8) is 0 Å². The lowest BCUT2D eigenvalue weighted by atomic mass is 10.0. The number of carbonyl (C=O) groups is 1. The van der Waals surface area contributed by atoms with Gasteiger partial charge < -0.3 is 5.11 Å². The van der Waals surface area contributed by atoms with E-state index in [2.05, 4.69) is 4.72 Å². The van der Waals surface area contributed by atoms with E-state index in [1.165, 1.54) is 24.3 Å². The van der Waals surface area contributed by atoms with Crippen molar-refractivity contribution in [1.29, 1.82) is 0 Å². The van der Waals surface area contributed by atoms with Gasteiger partial charge in [0.05, 0.1) is 27.4 Å². The zero-order valence-electron chi connectivity index (χ0n) is 25.1. The lowest BCUT2D eigenvalue weighted by Gasteiger charge is -2.26. The summed E-state index contributed by atoms with van der Waals surface area (Å²) in [4.78, 5) is 16.9. The van der Waals surface area contributed by atoms with Crippen LogP contribution >= 0.6 is 0 Å². The first-order valence-electron chi connectivity index (χ1n) is 14.9. The molecule has 1 heterocycles. The van der Waals surface area contributed by atoms with Crippen molar-refractivity contribution in [2.24, 2.45) is 0 Å². The zero-order chi connectivity index (χ0) is 32.6. The maximum Gasteiger partial charge on any atom is 0.337 e. The number of pyridine rings is 1. The highest BCUT2D eigenvalue weighted by Gasteiger charge is 2.27. The predicted octanol–water partition coefficient (Wildman–Crippen LogP) is 5.81. The predicted molar refractivity (Wildman–Crippen MR) is 180 cm³/mol. The molecule has 0 aliphatic heterocycles. The van der Waals surface area contributed by atoms with Gasteiger partial charge in [-0.3, -0.25) is 9.29 Å². The van der Waals surface area contributed by atoms with Crippen LogP contribution in [-0.4, -0.2) is 46.0 Å². The fourth-order valence-electron chi connectivity index (χ4n) is 5.23. The van der Waals surface area contributed by atoms with Crippen LogP contribution in [0.15, 0.2) is 120 Å². The number of carboxylic acid groups (broad SMARTS) is 1. The number of rotatable bonds is 15. The van der Waals surface area contributed by atoms with E-state index in [9.17, 15) is 26.7 Å². The molecule has 0 amide bonds. The van der Waals surface area contributed by atoms with E-state index in [0.29, 0.717) is 31.2 Å². The Morgan fingerprint density at radius 2 is 1.46 bits per heavy atom. The van der Waals surface area contributed by atoms with Crippen molar-refractivity contribution in [2.45, 2.75) is 36.3 Å². The molecule has 0 saturated carbocycles. The number of nitrogens with one attached hydrogen (secondary N) is 1. The number of aromatic nitrogens is 1. The zero-order valence-corrected chi connectivity index (χ0v) is 26.8. The van der Waals surface area contributed by atoms with Crippen molar-refractivity contribution in [2.75, 3.05) is 17.4 Å². The van der Waals surface area contributed by atoms with Crippen molar-refractivity contribution < 1.29 is 26.7 Å². The lowest BCUT2D eigenvalue weighted by Crippen LogP contribution is -2.35. The van der Waals surface area contributed by atoms with Gasteiger partial charge in [0.2, 0.25) is 20.0 Å². The minimum Gasteiger partial charge on any atom is -0.478 e. The number of anilines is 1. The van der Waals surface area contributed by atoms with Gasteiger partial charge >= 0.3 is 5.97 Å². The van der Waals surface area contributed by atoms with Gasteiger partial charge in [0.25, 0.3) is 0 Å². The number of unbranched alkanes of at least 4 members (excludes halogenated alkanes) is 1. The molecule has 9 nitrogen and oxygen atoms in total. The number of benzene rings is 4. The summed E-state index contributed by atoms with van der Waals surface area (Å²) < 4.78 is 56.6. The Kier molecular flexibility index (Phi) is 10.5. The minimum atomic E-state index is -4.03. The van der Waals surface area contributed by atoms with Crippen LogP contribution in [-0.2, 0) is 38.6 Å². The third kappa shape index (κ3) is 8.36. The van der Waals surface area contributed by atoms with Crippen molar-refractivity contribution in [1.82, 2.24) is 9.71 Å². The molecule has 238 valence electrons. The quantitative estimate of drug-likeness (QED) is 0.136. The highest BCUT2D eigenvalue weighted by atomic mass is 32.2. The summed E-state index contributed by atoms with van der Waals surface area (Å²) in [7, 11) is -7.73. The fraction of sp³-hybridized carbons (Fsp3) is 0.200. The second-order valence-electron chi connectivity index (χ2n) is 10.9. The molecule has 2 N–H and O–H groups in total. The van der Waals surface area contributed by atoms with E-state index in [1.807, 2.05) is 54.6 Å². The number of aryl methyl sites for hydroxylation is 2. The Bertz CT molecular complexity index is 2030. The SMILES string of the molecule is O=C(O)c1ccccc1N(CCCCNS(=O)(=O)c1ccccc1)S(=O)(=O)Cc1cccc(CCc2ccc3ccccc3n2)c1. The highest BCUT2D eigenvalue weighted by molar-refractivity contribution is 7.92. The van der Waals surface area contributed by atoms with Crippen LogP contribution in [0.1, 0.15) is 40.0 Å². The third-order valence-electron chi connectivity index (χ3n) is 7.54. The number of hydrogen-bond donors (Lipinski definition) is 2. The molecule has 0 fully saturated rings. The summed E-state index contributed by atoms with van der Waals surface area (Å²) in [6.07, 6.45) is 1.99. The summed E-state index contributed by atoms with van der Waals surface area (Å²) in [5, 5.41) is 10.9. The number of nitrogens with zero attached hydrogens (tertiary/aromatic N) is 2. The molecule has 0 atom stereocenters. The van der Waals surface area contributed by atoms with Crippen LogP contribution in [0.5, 0.6) is 0 Å². The fourth-order valence-corrected chi connectivity index (χ4v) is 7.95. The molecule has 5 aromatic rings. The number of hydrogen-bond acceptors (Lipinski definition) is 6. The van der Waals surface area contributed by atoms with E-state index >= 15 is 0 Å². The number of para-hydroxylation sites is 2. The van der Waals surface area contributed by atoms with Gasteiger partial charge in [-0.2, -0.15) is 0 Å². The monoisotopic (exact) mass is 657 g/mol. The molecular weight excluding hydrogens is 623 g/mol. The Labute approximate surface area is 269 Å². The Hall–Kier alpha value is -4.58. The molecule has 4 aromatic carbocycles. The van der Waals surface area contributed by atoms with Gasteiger partial charge in [0.15, 0.2) is 0 Å². The molecule has 0 bridgehead atoms. The molecule has 0 aliphatic rings. The van der Waals surface area contributed by atoms with Crippen LogP contribution in [0.4, 0.5) is 5.69 Å². The normalized spacial score (nSPS) is 11.8. The topological polar surface area (TPSA) is 134 Å². The molecule has 0 aliphatic carbocycles. The molecule has 5 rings (SSSR count). The average molecular weight is 658 g/mol. The maximum absolute atomic E-state index is 13.9. The van der Waals surface area contributed by atoms with Gasteiger partial charge in [0.1, 0.15) is 0 Å². The van der Waals surface area contributed by atoms with Crippen LogP contribution in [0.25, 0.3) is 10.9 Å². The third-order valence-corrected chi connectivity index (χ3v) is 10.8. The first kappa shape index (κ1) is 32.8. The number of aromatic carboxylic acids is 1. The van der Waals surface area contributed by atoms with Crippen molar-refractivity contribution >= 4 is 42.6 Å². The van der Waals surface area contributed by atoms with Gasteiger partial charge in [-0.1, -0.05) is 78.9 Å². The molecule has 46 heavy (non-hydrogen) atoms. The van der Waals surface area contributed by atoms with Crippen molar-refractivity contribution in [3.05, 3.63) is 138 Å². The molecule has 0 saturated heterocycles. The number of carboxylic acids is 1. The van der Waals surface area contributed by atoms with Gasteiger partial charge in [-0.05, 0) is 73.2 Å². The Morgan fingerprint density at radius 3 is 2.26 bits per heavy atom. The van der Waals surface area contributed by atoms with Gasteiger partial charge in [0, 0.05) is 24.2 Å². The second kappa shape index (κ2) is 14.7. The van der Waals surface area contributed by atoms with E-state index in [-0.39, 0.29) is 35.0 Å². The van der Waals surface area contributed by atoms with Crippen LogP contribution in [0.3, 0.4) is 0 Å².